The van der Waals surface area contributed by atoms with Crippen molar-refractivity contribution in [1.29, 1.82) is 0 Å². The minimum Gasteiger partial charge on any atom is -0.461 e. The molecule has 1 aliphatic rings. The van der Waals surface area contributed by atoms with E-state index in [0.717, 1.165) is 37.2 Å². The standard InChI is InChI=1S/C15H21NO2/c1-11-7-9-13(10-8-11)18-15(17)14(16)12-5-3-2-4-6-12/h2-6,11,13-14H,7-10,16H2,1H3. The summed E-state index contributed by atoms with van der Waals surface area (Å²) in [5.74, 6) is 0.448. The van der Waals surface area contributed by atoms with Gasteiger partial charge in [0.1, 0.15) is 12.1 Å². The van der Waals surface area contributed by atoms with Gasteiger partial charge < -0.3 is 10.5 Å². The molecule has 3 heteroatoms. The Morgan fingerprint density at radius 1 is 1.22 bits per heavy atom. The van der Waals surface area contributed by atoms with E-state index in [4.69, 9.17) is 10.5 Å². The van der Waals surface area contributed by atoms with Crippen molar-refractivity contribution in [3.8, 4) is 0 Å². The SMILES string of the molecule is CC1CCC(OC(=O)C(N)c2ccccc2)CC1. The maximum Gasteiger partial charge on any atom is 0.327 e. The largest absolute Gasteiger partial charge is 0.461 e. The van der Waals surface area contributed by atoms with Crippen molar-refractivity contribution >= 4 is 5.97 Å². The summed E-state index contributed by atoms with van der Waals surface area (Å²) in [7, 11) is 0. The van der Waals surface area contributed by atoms with Gasteiger partial charge in [0.15, 0.2) is 0 Å². The van der Waals surface area contributed by atoms with Crippen LogP contribution < -0.4 is 5.73 Å². The number of rotatable bonds is 3. The van der Waals surface area contributed by atoms with Crippen LogP contribution in [0.2, 0.25) is 0 Å². The topological polar surface area (TPSA) is 52.3 Å². The highest BCUT2D eigenvalue weighted by atomic mass is 16.5. The quantitative estimate of drug-likeness (QED) is 0.836. The Morgan fingerprint density at radius 3 is 2.44 bits per heavy atom. The van der Waals surface area contributed by atoms with Crippen molar-refractivity contribution in [2.75, 3.05) is 0 Å². The molecule has 0 aromatic heterocycles. The van der Waals surface area contributed by atoms with Crippen LogP contribution >= 0.6 is 0 Å². The second-order valence-corrected chi connectivity index (χ2v) is 5.21. The van der Waals surface area contributed by atoms with Gasteiger partial charge in [0.25, 0.3) is 0 Å². The first kappa shape index (κ1) is 13.1. The van der Waals surface area contributed by atoms with Crippen molar-refractivity contribution < 1.29 is 9.53 Å². The van der Waals surface area contributed by atoms with E-state index in [-0.39, 0.29) is 12.1 Å². The van der Waals surface area contributed by atoms with Crippen LogP contribution in [0.25, 0.3) is 0 Å². The lowest BCUT2D eigenvalue weighted by Gasteiger charge is -2.27. The molecule has 3 nitrogen and oxygen atoms in total. The van der Waals surface area contributed by atoms with Crippen LogP contribution in [0.3, 0.4) is 0 Å². The fourth-order valence-corrected chi connectivity index (χ4v) is 2.38. The Hall–Kier alpha value is -1.35. The number of esters is 1. The summed E-state index contributed by atoms with van der Waals surface area (Å²) in [5, 5.41) is 0. The van der Waals surface area contributed by atoms with Gasteiger partial charge >= 0.3 is 5.97 Å². The molecule has 0 aliphatic heterocycles. The van der Waals surface area contributed by atoms with Crippen LogP contribution in [0, 0.1) is 5.92 Å². The average molecular weight is 247 g/mol. The fraction of sp³-hybridized carbons (Fsp3) is 0.533. The fourth-order valence-electron chi connectivity index (χ4n) is 2.38. The molecule has 18 heavy (non-hydrogen) atoms. The van der Waals surface area contributed by atoms with Crippen LogP contribution in [0.5, 0.6) is 0 Å². The molecule has 0 saturated heterocycles. The lowest BCUT2D eigenvalue weighted by molar-refractivity contribution is -0.152. The van der Waals surface area contributed by atoms with Gasteiger partial charge in [-0.15, -0.1) is 0 Å². The van der Waals surface area contributed by atoms with Gasteiger partial charge in [0.05, 0.1) is 0 Å². The van der Waals surface area contributed by atoms with Gasteiger partial charge in [-0.3, -0.25) is 0 Å². The molecule has 2 N–H and O–H groups in total. The molecular weight excluding hydrogens is 226 g/mol. The maximum absolute atomic E-state index is 11.9. The van der Waals surface area contributed by atoms with Crippen molar-refractivity contribution in [2.24, 2.45) is 11.7 Å². The molecule has 98 valence electrons. The number of ether oxygens (including phenoxy) is 1. The third-order valence-corrected chi connectivity index (χ3v) is 3.66. The molecule has 1 aliphatic carbocycles. The Balaban J connectivity index is 1.88. The molecule has 0 radical (unpaired) electrons. The first-order valence-electron chi connectivity index (χ1n) is 6.68. The number of hydrogen-bond donors (Lipinski definition) is 1. The molecule has 1 fully saturated rings. The van der Waals surface area contributed by atoms with E-state index in [9.17, 15) is 4.79 Å². The summed E-state index contributed by atoms with van der Waals surface area (Å²) in [5.41, 5.74) is 6.72. The molecule has 0 heterocycles. The van der Waals surface area contributed by atoms with Crippen molar-refractivity contribution in [3.05, 3.63) is 35.9 Å². The van der Waals surface area contributed by atoms with Gasteiger partial charge in [-0.1, -0.05) is 37.3 Å². The van der Waals surface area contributed by atoms with E-state index in [2.05, 4.69) is 6.92 Å². The van der Waals surface area contributed by atoms with Crippen LogP contribution in [-0.4, -0.2) is 12.1 Å². The molecule has 1 unspecified atom stereocenters. The molecular formula is C15H21NO2. The maximum atomic E-state index is 11.9. The summed E-state index contributed by atoms with van der Waals surface area (Å²) in [6.45, 7) is 2.24. The minimum absolute atomic E-state index is 0.0588. The predicted octanol–water partition coefficient (Wildman–Crippen LogP) is 2.81. The Morgan fingerprint density at radius 2 is 1.83 bits per heavy atom. The smallest absolute Gasteiger partial charge is 0.327 e. The third-order valence-electron chi connectivity index (χ3n) is 3.66. The zero-order valence-corrected chi connectivity index (χ0v) is 10.8. The summed E-state index contributed by atoms with van der Waals surface area (Å²) in [6.07, 6.45) is 4.27. The Labute approximate surface area is 108 Å². The van der Waals surface area contributed by atoms with E-state index in [1.807, 2.05) is 30.3 Å². The van der Waals surface area contributed by atoms with Crippen LogP contribution in [0.15, 0.2) is 30.3 Å². The molecule has 1 aromatic carbocycles. The minimum atomic E-state index is -0.662. The second kappa shape index (κ2) is 6.01. The number of carbonyl (C=O) groups is 1. The van der Waals surface area contributed by atoms with E-state index in [1.54, 1.807) is 0 Å². The predicted molar refractivity (Wildman–Crippen MR) is 70.9 cm³/mol. The normalized spacial score (nSPS) is 25.4. The van der Waals surface area contributed by atoms with E-state index in [0.29, 0.717) is 0 Å². The number of nitrogens with two attached hydrogens (primary N) is 1. The lowest BCUT2D eigenvalue weighted by Crippen LogP contribution is -2.30. The molecule has 1 aromatic rings. The van der Waals surface area contributed by atoms with Crippen LogP contribution in [-0.2, 0) is 9.53 Å². The lowest BCUT2D eigenvalue weighted by atomic mass is 9.89. The van der Waals surface area contributed by atoms with E-state index < -0.39 is 6.04 Å². The first-order valence-corrected chi connectivity index (χ1v) is 6.68. The summed E-state index contributed by atoms with van der Waals surface area (Å²) in [6, 6.07) is 8.72. The third kappa shape index (κ3) is 3.33. The summed E-state index contributed by atoms with van der Waals surface area (Å²) < 4.78 is 5.49. The van der Waals surface area contributed by atoms with Crippen molar-refractivity contribution in [3.63, 3.8) is 0 Å². The van der Waals surface area contributed by atoms with Gasteiger partial charge in [0.2, 0.25) is 0 Å². The summed E-state index contributed by atoms with van der Waals surface area (Å²) in [4.78, 5) is 11.9. The average Bonchev–Trinajstić information content (AvgIpc) is 2.41. The van der Waals surface area contributed by atoms with Crippen molar-refractivity contribution in [2.45, 2.75) is 44.8 Å². The van der Waals surface area contributed by atoms with Gasteiger partial charge in [-0.05, 0) is 37.2 Å². The number of hydrogen-bond acceptors (Lipinski definition) is 3. The van der Waals surface area contributed by atoms with Crippen molar-refractivity contribution in [1.82, 2.24) is 0 Å². The van der Waals surface area contributed by atoms with E-state index in [1.165, 1.54) is 0 Å². The highest BCUT2D eigenvalue weighted by molar-refractivity contribution is 5.77. The van der Waals surface area contributed by atoms with Gasteiger partial charge in [-0.2, -0.15) is 0 Å². The highest BCUT2D eigenvalue weighted by Crippen LogP contribution is 2.26. The molecule has 2 rings (SSSR count). The zero-order chi connectivity index (χ0) is 13.0. The Bertz CT molecular complexity index is 383. The van der Waals surface area contributed by atoms with E-state index >= 15 is 0 Å². The molecule has 0 amide bonds. The van der Waals surface area contributed by atoms with Crippen LogP contribution in [0.4, 0.5) is 0 Å². The van der Waals surface area contributed by atoms with Crippen LogP contribution in [0.1, 0.15) is 44.2 Å². The second-order valence-electron chi connectivity index (χ2n) is 5.21. The zero-order valence-electron chi connectivity index (χ0n) is 10.8. The Kier molecular flexibility index (Phi) is 4.37. The molecule has 1 atom stereocenters. The highest BCUT2D eigenvalue weighted by Gasteiger charge is 2.24. The molecule has 0 spiro atoms. The molecule has 1 saturated carbocycles. The molecule has 0 bridgehead atoms. The number of carbonyl (C=O) groups excluding carboxylic acids is 1. The summed E-state index contributed by atoms with van der Waals surface area (Å²) >= 11 is 0. The number of benzene rings is 1. The monoisotopic (exact) mass is 247 g/mol. The first-order chi connectivity index (χ1) is 8.66. The van der Waals surface area contributed by atoms with Gasteiger partial charge in [0, 0.05) is 0 Å². The van der Waals surface area contributed by atoms with Gasteiger partial charge in [-0.25, -0.2) is 4.79 Å².